The monoisotopic (exact) mass is 329 g/mol. The van der Waals surface area contributed by atoms with Crippen LogP contribution in [0.1, 0.15) is 39.5 Å². The summed E-state index contributed by atoms with van der Waals surface area (Å²) in [4.78, 5) is 24.5. The van der Waals surface area contributed by atoms with Gasteiger partial charge in [0.25, 0.3) is 0 Å². The Balaban J connectivity index is 1.81. The Bertz CT molecular complexity index is 710. The number of alkyl halides is 1. The van der Waals surface area contributed by atoms with E-state index in [4.69, 9.17) is 5.41 Å². The number of ketones is 2. The first-order chi connectivity index (χ1) is 11.2. The van der Waals surface area contributed by atoms with Gasteiger partial charge < -0.3 is 5.41 Å². The highest BCUT2D eigenvalue weighted by Crippen LogP contribution is 2.63. The number of hydrogen-bond acceptors (Lipinski definition) is 3. The molecule has 4 aliphatic rings. The summed E-state index contributed by atoms with van der Waals surface area (Å²) in [5.74, 6) is -0.206. The maximum absolute atomic E-state index is 15.3. The Morgan fingerprint density at radius 1 is 1.21 bits per heavy atom. The van der Waals surface area contributed by atoms with Gasteiger partial charge in [-0.1, -0.05) is 32.6 Å². The third-order valence-electron chi connectivity index (χ3n) is 7.74. The van der Waals surface area contributed by atoms with Crippen LogP contribution in [0.3, 0.4) is 0 Å². The van der Waals surface area contributed by atoms with Gasteiger partial charge in [0.05, 0.1) is 5.71 Å². The molecule has 3 nitrogen and oxygen atoms in total. The van der Waals surface area contributed by atoms with Crippen molar-refractivity contribution in [3.05, 3.63) is 24.3 Å². The highest BCUT2D eigenvalue weighted by molar-refractivity contribution is 6.46. The Kier molecular flexibility index (Phi) is 3.14. The van der Waals surface area contributed by atoms with Crippen molar-refractivity contribution in [2.75, 3.05) is 0 Å². The molecule has 7 atom stereocenters. The molecule has 0 aliphatic heterocycles. The van der Waals surface area contributed by atoms with Crippen molar-refractivity contribution in [3.8, 4) is 0 Å². The molecule has 0 aromatic rings. The quantitative estimate of drug-likeness (QED) is 0.544. The van der Waals surface area contributed by atoms with E-state index in [-0.39, 0.29) is 34.5 Å². The van der Waals surface area contributed by atoms with Gasteiger partial charge >= 0.3 is 0 Å². The second-order valence-electron chi connectivity index (χ2n) is 8.57. The molecule has 3 saturated carbocycles. The van der Waals surface area contributed by atoms with Gasteiger partial charge in [-0.25, -0.2) is 4.39 Å². The van der Waals surface area contributed by atoms with Crippen LogP contribution in [0.25, 0.3) is 0 Å². The Labute approximate surface area is 141 Å². The van der Waals surface area contributed by atoms with E-state index >= 15 is 4.39 Å². The lowest BCUT2D eigenvalue weighted by molar-refractivity contribution is -0.132. The number of hydrogen-bond donors (Lipinski definition) is 1. The van der Waals surface area contributed by atoms with Crippen LogP contribution in [-0.2, 0) is 9.59 Å². The summed E-state index contributed by atoms with van der Waals surface area (Å²) in [6.45, 7) is 7.61. The van der Waals surface area contributed by atoms with Crippen molar-refractivity contribution in [1.29, 1.82) is 5.41 Å². The minimum Gasteiger partial charge on any atom is -0.301 e. The SMILES string of the molecule is C=C1C(=O)C(=N)C2C=C[C@@H]3[C@H](CC[C@]4(C)C(=O)CC[C@@H]34)[C@@]2(C)[C@@H]1F. The maximum atomic E-state index is 15.3. The van der Waals surface area contributed by atoms with E-state index in [1.165, 1.54) is 0 Å². The van der Waals surface area contributed by atoms with Gasteiger partial charge in [0.15, 0.2) is 0 Å². The topological polar surface area (TPSA) is 58.0 Å². The lowest BCUT2D eigenvalue weighted by atomic mass is 9.46. The average molecular weight is 329 g/mol. The molecule has 4 rings (SSSR count). The van der Waals surface area contributed by atoms with Crippen molar-refractivity contribution in [3.63, 3.8) is 0 Å². The third-order valence-corrected chi connectivity index (χ3v) is 7.74. The van der Waals surface area contributed by atoms with Gasteiger partial charge in [-0.2, -0.15) is 0 Å². The van der Waals surface area contributed by atoms with E-state index in [1.807, 2.05) is 13.0 Å². The van der Waals surface area contributed by atoms with Crippen LogP contribution in [0.5, 0.6) is 0 Å². The average Bonchev–Trinajstić information content (AvgIpc) is 2.87. The molecule has 0 bridgehead atoms. The Hall–Kier alpha value is -1.58. The minimum atomic E-state index is -1.41. The zero-order valence-corrected chi connectivity index (χ0v) is 14.3. The fraction of sp³-hybridized carbons (Fsp3) is 0.650. The second kappa shape index (κ2) is 4.74. The molecule has 0 radical (unpaired) electrons. The van der Waals surface area contributed by atoms with E-state index in [0.717, 1.165) is 19.3 Å². The number of fused-ring (bicyclic) bond motifs is 5. The van der Waals surface area contributed by atoms with Crippen molar-refractivity contribution in [1.82, 2.24) is 0 Å². The molecule has 3 fully saturated rings. The molecule has 24 heavy (non-hydrogen) atoms. The zero-order chi connectivity index (χ0) is 17.4. The Morgan fingerprint density at radius 2 is 1.92 bits per heavy atom. The summed E-state index contributed by atoms with van der Waals surface area (Å²) in [7, 11) is 0. The normalized spacial score (nSPS) is 50.5. The van der Waals surface area contributed by atoms with Crippen LogP contribution in [0, 0.1) is 39.9 Å². The summed E-state index contributed by atoms with van der Waals surface area (Å²) >= 11 is 0. The summed E-state index contributed by atoms with van der Waals surface area (Å²) < 4.78 is 15.3. The van der Waals surface area contributed by atoms with Crippen LogP contribution in [0.2, 0.25) is 0 Å². The molecule has 0 heterocycles. The molecule has 1 unspecified atom stereocenters. The van der Waals surface area contributed by atoms with Crippen LogP contribution in [-0.4, -0.2) is 23.4 Å². The van der Waals surface area contributed by atoms with E-state index in [0.29, 0.717) is 12.2 Å². The highest BCUT2D eigenvalue weighted by atomic mass is 19.1. The number of carbonyl (C=O) groups is 2. The van der Waals surface area contributed by atoms with Crippen molar-refractivity contribution < 1.29 is 14.0 Å². The van der Waals surface area contributed by atoms with Gasteiger partial charge in [0.1, 0.15) is 12.0 Å². The van der Waals surface area contributed by atoms with Crippen LogP contribution >= 0.6 is 0 Å². The molecule has 4 aliphatic carbocycles. The summed E-state index contributed by atoms with van der Waals surface area (Å²) in [5, 5.41) is 8.21. The molecule has 0 aromatic carbocycles. The first-order valence-corrected chi connectivity index (χ1v) is 8.90. The summed E-state index contributed by atoms with van der Waals surface area (Å²) in [6, 6.07) is 0. The van der Waals surface area contributed by atoms with Crippen molar-refractivity contribution in [2.24, 2.45) is 34.5 Å². The molecule has 128 valence electrons. The van der Waals surface area contributed by atoms with E-state index in [2.05, 4.69) is 19.6 Å². The lowest BCUT2D eigenvalue weighted by Crippen LogP contribution is -2.59. The number of halogens is 1. The number of allylic oxidation sites excluding steroid dienone is 3. The molecule has 0 amide bonds. The predicted octanol–water partition coefficient (Wildman–Crippen LogP) is 3.69. The standard InChI is InChI=1S/C20H24FNO2/c1-10-17(24)16(22)14-5-4-11-12-6-7-15(23)19(12,2)9-8-13(11)20(14,3)18(10)21/h4-5,11-14,18,22H,1,6-9H2,2-3H3/t11-,12-,13-,14?,18+,19-,20+/m0/s1. The van der Waals surface area contributed by atoms with E-state index < -0.39 is 23.3 Å². The number of Topliss-reactive ketones (excluding diaryl/α,β-unsaturated/α-hetero) is 2. The lowest BCUT2D eigenvalue weighted by Gasteiger charge is -2.57. The van der Waals surface area contributed by atoms with Crippen molar-refractivity contribution >= 4 is 17.3 Å². The Morgan fingerprint density at radius 3 is 2.62 bits per heavy atom. The van der Waals surface area contributed by atoms with Gasteiger partial charge in [-0.05, 0) is 37.0 Å². The molecule has 4 heteroatoms. The largest absolute Gasteiger partial charge is 0.301 e. The molecular formula is C20H24FNO2. The number of rotatable bonds is 0. The van der Waals surface area contributed by atoms with Gasteiger partial charge in [0.2, 0.25) is 5.78 Å². The summed E-state index contributed by atoms with van der Waals surface area (Å²) in [6.07, 6.45) is 5.59. The second-order valence-corrected chi connectivity index (χ2v) is 8.57. The third kappa shape index (κ3) is 1.65. The number of carbonyl (C=O) groups excluding carboxylic acids is 2. The minimum absolute atomic E-state index is 0.0260. The fourth-order valence-electron chi connectivity index (χ4n) is 6.20. The van der Waals surface area contributed by atoms with E-state index in [1.54, 1.807) is 0 Å². The maximum Gasteiger partial charge on any atom is 0.205 e. The van der Waals surface area contributed by atoms with Gasteiger partial charge in [-0.15, -0.1) is 0 Å². The molecule has 1 N–H and O–H groups in total. The summed E-state index contributed by atoms with van der Waals surface area (Å²) in [5.41, 5.74) is -1.17. The molecule has 0 saturated heterocycles. The van der Waals surface area contributed by atoms with E-state index in [9.17, 15) is 9.59 Å². The van der Waals surface area contributed by atoms with Crippen molar-refractivity contribution in [2.45, 2.75) is 45.7 Å². The highest BCUT2D eigenvalue weighted by Gasteiger charge is 2.63. The van der Waals surface area contributed by atoms with Crippen LogP contribution < -0.4 is 0 Å². The first-order valence-electron chi connectivity index (χ1n) is 8.90. The molecular weight excluding hydrogens is 305 g/mol. The zero-order valence-electron chi connectivity index (χ0n) is 14.3. The first kappa shape index (κ1) is 15.9. The predicted molar refractivity (Wildman–Crippen MR) is 89.6 cm³/mol. The number of nitrogens with one attached hydrogen (secondary N) is 1. The van der Waals surface area contributed by atoms with Gasteiger partial charge in [-0.3, -0.25) is 9.59 Å². The molecule has 0 spiro atoms. The van der Waals surface area contributed by atoms with Crippen LogP contribution in [0.4, 0.5) is 4.39 Å². The fourth-order valence-corrected chi connectivity index (χ4v) is 6.20. The smallest absolute Gasteiger partial charge is 0.205 e. The van der Waals surface area contributed by atoms with Gasteiger partial charge in [0, 0.05) is 28.7 Å². The molecule has 0 aromatic heterocycles. The van der Waals surface area contributed by atoms with Crippen LogP contribution in [0.15, 0.2) is 24.3 Å².